The lowest BCUT2D eigenvalue weighted by Gasteiger charge is -2.33. The van der Waals surface area contributed by atoms with E-state index < -0.39 is 6.10 Å². The number of hydrogen-bond acceptors (Lipinski definition) is 5. The van der Waals surface area contributed by atoms with Crippen LogP contribution in [0.5, 0.6) is 0 Å². The van der Waals surface area contributed by atoms with Gasteiger partial charge in [-0.05, 0) is 24.3 Å². The fourth-order valence-electron chi connectivity index (χ4n) is 3.50. The van der Waals surface area contributed by atoms with Crippen LogP contribution in [-0.2, 0) is 29.6 Å². The Morgan fingerprint density at radius 2 is 1.88 bits per heavy atom. The van der Waals surface area contributed by atoms with E-state index in [1.54, 1.807) is 7.11 Å². The van der Waals surface area contributed by atoms with Gasteiger partial charge in [0.05, 0.1) is 0 Å². The maximum atomic E-state index is 12.8. The lowest BCUT2D eigenvalue weighted by molar-refractivity contribution is -0.143. The number of aliphatic hydroxyl groups excluding tert-OH is 1. The topological polar surface area (TPSA) is 80.5 Å². The molecule has 1 N–H and O–H groups in total. The number of methoxy groups -OCH3 is 1. The summed E-state index contributed by atoms with van der Waals surface area (Å²) in [6, 6.07) is 9.61. The third kappa shape index (κ3) is 3.94. The number of carbonyl (C=O) groups excluding carboxylic acids is 1. The average molecular weight is 358 g/mol. The van der Waals surface area contributed by atoms with Crippen molar-refractivity contribution >= 4 is 5.91 Å². The minimum absolute atomic E-state index is 0.0263. The average Bonchev–Trinajstić information content (AvgIpc) is 3.03. The normalized spacial score (nSPS) is 16.7. The Morgan fingerprint density at radius 3 is 2.46 bits per heavy atom. The molecule has 1 amide bonds. The van der Waals surface area contributed by atoms with Gasteiger partial charge in [0.2, 0.25) is 0 Å². The zero-order valence-electron chi connectivity index (χ0n) is 15.3. The van der Waals surface area contributed by atoms with E-state index in [4.69, 9.17) is 4.74 Å². The highest BCUT2D eigenvalue weighted by atomic mass is 16.5. The quantitative estimate of drug-likeness (QED) is 0.846. The highest BCUT2D eigenvalue weighted by molar-refractivity contribution is 5.82. The monoisotopic (exact) mass is 358 g/mol. The number of benzene rings is 1. The second-order valence-electron chi connectivity index (χ2n) is 6.75. The molecule has 0 spiro atoms. The Kier molecular flexibility index (Phi) is 6.00. The molecule has 1 unspecified atom stereocenters. The van der Waals surface area contributed by atoms with E-state index in [0.29, 0.717) is 11.7 Å². The second kappa shape index (κ2) is 8.42. The van der Waals surface area contributed by atoms with Crippen molar-refractivity contribution in [2.75, 3.05) is 20.2 Å². The molecule has 1 saturated heterocycles. The number of nitrogens with zero attached hydrogens (tertiary/aromatic N) is 4. The summed E-state index contributed by atoms with van der Waals surface area (Å²) < 4.78 is 7.32. The standard InChI is InChI=1S/C19H26N4O3/c1-22-16(20-21-17(22)13-24)12-14-8-10-23(11-9-14)19(25)18(26-2)15-6-4-3-5-7-15/h3-7,14,18,24H,8-13H2,1-2H3. The van der Waals surface area contributed by atoms with E-state index in [0.717, 1.165) is 43.7 Å². The Hall–Kier alpha value is -2.25. The first-order valence-corrected chi connectivity index (χ1v) is 8.98. The molecule has 140 valence electrons. The second-order valence-corrected chi connectivity index (χ2v) is 6.75. The lowest BCUT2D eigenvalue weighted by atomic mass is 9.92. The number of aliphatic hydroxyl groups is 1. The molecule has 3 rings (SSSR count). The van der Waals surface area contributed by atoms with Crippen molar-refractivity contribution in [2.45, 2.75) is 32.0 Å². The van der Waals surface area contributed by atoms with Crippen molar-refractivity contribution in [1.82, 2.24) is 19.7 Å². The number of rotatable bonds is 6. The summed E-state index contributed by atoms with van der Waals surface area (Å²) in [6.07, 6.45) is 2.13. The van der Waals surface area contributed by atoms with Gasteiger partial charge in [-0.25, -0.2) is 0 Å². The Morgan fingerprint density at radius 1 is 1.23 bits per heavy atom. The molecule has 7 nitrogen and oxygen atoms in total. The largest absolute Gasteiger partial charge is 0.388 e. The molecule has 1 atom stereocenters. The molecule has 0 radical (unpaired) electrons. The van der Waals surface area contributed by atoms with Crippen molar-refractivity contribution in [3.8, 4) is 0 Å². The first-order valence-electron chi connectivity index (χ1n) is 8.98. The molecule has 0 bridgehead atoms. The van der Waals surface area contributed by atoms with Crippen LogP contribution >= 0.6 is 0 Å². The van der Waals surface area contributed by atoms with Gasteiger partial charge in [0.25, 0.3) is 5.91 Å². The predicted octanol–water partition coefficient (Wildman–Crippen LogP) is 1.48. The molecule has 1 fully saturated rings. The first-order chi connectivity index (χ1) is 12.6. The highest BCUT2D eigenvalue weighted by Gasteiger charge is 2.29. The van der Waals surface area contributed by atoms with Crippen molar-refractivity contribution in [3.05, 3.63) is 47.5 Å². The molecular weight excluding hydrogens is 332 g/mol. The maximum absolute atomic E-state index is 12.8. The molecule has 0 aliphatic carbocycles. The van der Waals surface area contributed by atoms with Crippen LogP contribution < -0.4 is 0 Å². The predicted molar refractivity (Wildman–Crippen MR) is 96.1 cm³/mol. The van der Waals surface area contributed by atoms with Crippen LogP contribution in [0.25, 0.3) is 0 Å². The van der Waals surface area contributed by atoms with Crippen molar-refractivity contribution in [3.63, 3.8) is 0 Å². The molecule has 7 heteroatoms. The molecule has 1 aliphatic heterocycles. The zero-order valence-corrected chi connectivity index (χ0v) is 15.3. The zero-order chi connectivity index (χ0) is 18.5. The Balaban J connectivity index is 1.57. The van der Waals surface area contributed by atoms with Crippen LogP contribution in [0.2, 0.25) is 0 Å². The van der Waals surface area contributed by atoms with Crippen LogP contribution in [0.1, 0.15) is 36.2 Å². The van der Waals surface area contributed by atoms with Gasteiger partial charge < -0.3 is 19.3 Å². The number of carbonyl (C=O) groups is 1. The summed E-state index contributed by atoms with van der Waals surface area (Å²) in [4.78, 5) is 14.7. The fraction of sp³-hybridized carbons (Fsp3) is 0.526. The molecular formula is C19H26N4O3. The molecule has 2 aromatic rings. The van der Waals surface area contributed by atoms with Gasteiger partial charge in [-0.2, -0.15) is 0 Å². The van der Waals surface area contributed by atoms with Gasteiger partial charge >= 0.3 is 0 Å². The van der Waals surface area contributed by atoms with Gasteiger partial charge in [-0.3, -0.25) is 4.79 Å². The van der Waals surface area contributed by atoms with Crippen LogP contribution in [0.15, 0.2) is 30.3 Å². The van der Waals surface area contributed by atoms with E-state index >= 15 is 0 Å². The number of hydrogen-bond donors (Lipinski definition) is 1. The smallest absolute Gasteiger partial charge is 0.256 e. The summed E-state index contributed by atoms with van der Waals surface area (Å²) in [5, 5.41) is 17.4. The molecule has 1 aliphatic rings. The molecule has 2 heterocycles. The molecule has 0 saturated carbocycles. The number of likely N-dealkylation sites (tertiary alicyclic amines) is 1. The van der Waals surface area contributed by atoms with Gasteiger partial charge in [0.1, 0.15) is 12.4 Å². The third-order valence-corrected chi connectivity index (χ3v) is 5.16. The molecule has 1 aromatic carbocycles. The summed E-state index contributed by atoms with van der Waals surface area (Å²) in [5.74, 6) is 1.96. The third-order valence-electron chi connectivity index (χ3n) is 5.16. The summed E-state index contributed by atoms with van der Waals surface area (Å²) in [7, 11) is 3.46. The number of ether oxygens (including phenoxy) is 1. The van der Waals surface area contributed by atoms with Gasteiger partial charge in [0, 0.05) is 33.7 Å². The van der Waals surface area contributed by atoms with Crippen LogP contribution in [0.3, 0.4) is 0 Å². The minimum Gasteiger partial charge on any atom is -0.388 e. The number of piperidine rings is 1. The van der Waals surface area contributed by atoms with E-state index in [2.05, 4.69) is 10.2 Å². The van der Waals surface area contributed by atoms with E-state index in [9.17, 15) is 9.90 Å². The maximum Gasteiger partial charge on any atom is 0.256 e. The molecule has 26 heavy (non-hydrogen) atoms. The summed E-state index contributed by atoms with van der Waals surface area (Å²) in [6.45, 7) is 1.34. The molecule has 1 aromatic heterocycles. The summed E-state index contributed by atoms with van der Waals surface area (Å²) in [5.41, 5.74) is 0.887. The van der Waals surface area contributed by atoms with Crippen LogP contribution in [-0.4, -0.2) is 50.9 Å². The highest BCUT2D eigenvalue weighted by Crippen LogP contribution is 2.25. The van der Waals surface area contributed by atoms with Gasteiger partial charge in [-0.15, -0.1) is 10.2 Å². The van der Waals surface area contributed by atoms with E-state index in [-0.39, 0.29) is 12.5 Å². The summed E-state index contributed by atoms with van der Waals surface area (Å²) >= 11 is 0. The van der Waals surface area contributed by atoms with Crippen LogP contribution in [0.4, 0.5) is 0 Å². The van der Waals surface area contributed by atoms with Crippen molar-refractivity contribution < 1.29 is 14.6 Å². The number of amides is 1. The Bertz CT molecular complexity index is 724. The first kappa shape index (κ1) is 18.5. The van der Waals surface area contributed by atoms with E-state index in [1.807, 2.05) is 46.8 Å². The number of aromatic nitrogens is 3. The van der Waals surface area contributed by atoms with E-state index in [1.165, 1.54) is 0 Å². The SMILES string of the molecule is COC(C(=O)N1CCC(Cc2nnc(CO)n2C)CC1)c1ccccc1. The fourth-order valence-corrected chi connectivity index (χ4v) is 3.50. The minimum atomic E-state index is -0.543. The Labute approximate surface area is 153 Å². The van der Waals surface area contributed by atoms with Crippen LogP contribution in [0, 0.1) is 5.92 Å². The van der Waals surface area contributed by atoms with Crippen molar-refractivity contribution in [1.29, 1.82) is 0 Å². The van der Waals surface area contributed by atoms with Gasteiger partial charge in [-0.1, -0.05) is 30.3 Å². The lowest BCUT2D eigenvalue weighted by Crippen LogP contribution is -2.42. The van der Waals surface area contributed by atoms with Crippen molar-refractivity contribution in [2.24, 2.45) is 13.0 Å². The van der Waals surface area contributed by atoms with Gasteiger partial charge in [0.15, 0.2) is 11.9 Å².